The second-order valence-corrected chi connectivity index (χ2v) is 6.25. The number of non-ortho nitro benzene ring substituents is 1. The van der Waals surface area contributed by atoms with Gasteiger partial charge in [0.1, 0.15) is 12.3 Å². The normalized spacial score (nSPS) is 13.9. The van der Waals surface area contributed by atoms with Gasteiger partial charge in [0.15, 0.2) is 18.1 Å². The number of nitrogens with one attached hydrogen (secondary N) is 2. The van der Waals surface area contributed by atoms with Crippen molar-refractivity contribution < 1.29 is 33.5 Å². The molecule has 4 rings (SSSR count). The van der Waals surface area contributed by atoms with Crippen molar-refractivity contribution >= 4 is 29.1 Å². The lowest BCUT2D eigenvalue weighted by atomic mass is 10.2. The lowest BCUT2D eigenvalue weighted by Crippen LogP contribution is -2.49. The summed E-state index contributed by atoms with van der Waals surface area (Å²) in [5.41, 5.74) is 4.51. The minimum atomic E-state index is -0.711. The van der Waals surface area contributed by atoms with E-state index in [1.165, 1.54) is 24.3 Å². The van der Waals surface area contributed by atoms with Gasteiger partial charge in [-0.15, -0.1) is 0 Å². The van der Waals surface area contributed by atoms with Crippen LogP contribution in [-0.4, -0.2) is 42.6 Å². The van der Waals surface area contributed by atoms with Gasteiger partial charge >= 0.3 is 0 Å². The van der Waals surface area contributed by atoms with Crippen molar-refractivity contribution in [2.75, 3.05) is 24.8 Å². The molecule has 2 aromatic carbocycles. The number of benzene rings is 2. The average molecular weight is 414 g/mol. The fourth-order valence-electron chi connectivity index (χ4n) is 2.90. The molecule has 0 saturated heterocycles. The quantitative estimate of drug-likeness (QED) is 0.543. The van der Waals surface area contributed by atoms with E-state index in [0.717, 1.165) is 11.0 Å². The predicted molar refractivity (Wildman–Crippen MR) is 99.1 cm³/mol. The number of nitro benzene ring substituents is 1. The first-order valence-electron chi connectivity index (χ1n) is 8.63. The first-order chi connectivity index (χ1) is 14.4. The molecule has 0 spiro atoms. The Kier molecular flexibility index (Phi) is 4.80. The van der Waals surface area contributed by atoms with E-state index >= 15 is 0 Å². The molecule has 2 aliphatic heterocycles. The van der Waals surface area contributed by atoms with E-state index in [1.807, 2.05) is 0 Å². The molecule has 30 heavy (non-hydrogen) atoms. The molecular weight excluding hydrogens is 400 g/mol. The second kappa shape index (κ2) is 7.58. The maximum atomic E-state index is 12.3. The van der Waals surface area contributed by atoms with Crippen molar-refractivity contribution in [3.05, 3.63) is 52.1 Å². The Balaban J connectivity index is 1.42. The highest BCUT2D eigenvalue weighted by atomic mass is 16.7. The summed E-state index contributed by atoms with van der Waals surface area (Å²) in [5, 5.41) is 11.0. The Morgan fingerprint density at radius 1 is 1.03 bits per heavy atom. The van der Waals surface area contributed by atoms with Crippen LogP contribution < -0.4 is 30.0 Å². The fraction of sp³-hybridized carbons (Fsp3) is 0.167. The van der Waals surface area contributed by atoms with Gasteiger partial charge in [-0.3, -0.25) is 40.2 Å². The molecule has 0 bridgehead atoms. The van der Waals surface area contributed by atoms with Crippen LogP contribution in [0.15, 0.2) is 36.4 Å². The van der Waals surface area contributed by atoms with Crippen LogP contribution in [0, 0.1) is 10.1 Å². The zero-order chi connectivity index (χ0) is 21.3. The Labute approximate surface area is 168 Å². The van der Waals surface area contributed by atoms with Crippen molar-refractivity contribution in [2.45, 2.75) is 0 Å². The van der Waals surface area contributed by atoms with E-state index in [1.54, 1.807) is 6.07 Å². The Morgan fingerprint density at radius 2 is 1.80 bits per heavy atom. The number of ether oxygens (including phenoxy) is 3. The highest BCUT2D eigenvalue weighted by molar-refractivity contribution is 6.03. The number of hydrogen-bond donors (Lipinski definition) is 2. The number of hydrogen-bond acceptors (Lipinski definition) is 8. The number of carbonyl (C=O) groups excluding carboxylic acids is 3. The number of nitro groups is 1. The molecule has 0 aliphatic carbocycles. The van der Waals surface area contributed by atoms with Crippen LogP contribution in [0.3, 0.4) is 0 Å². The number of nitrogens with zero attached hydrogens (tertiary/aromatic N) is 2. The number of rotatable bonds is 4. The summed E-state index contributed by atoms with van der Waals surface area (Å²) < 4.78 is 15.6. The molecule has 0 radical (unpaired) electrons. The van der Waals surface area contributed by atoms with Gasteiger partial charge in [-0.1, -0.05) is 0 Å². The second-order valence-electron chi connectivity index (χ2n) is 6.25. The Morgan fingerprint density at radius 3 is 2.60 bits per heavy atom. The SMILES string of the molecule is O=C(CN1C(=O)COc2ccc([N+](=O)[O-])cc21)NNC(=O)c1ccc2c(c1)OCO2. The van der Waals surface area contributed by atoms with Crippen molar-refractivity contribution in [2.24, 2.45) is 0 Å². The summed E-state index contributed by atoms with van der Waals surface area (Å²) in [6, 6.07) is 8.26. The van der Waals surface area contributed by atoms with Crippen LogP contribution in [-0.2, 0) is 9.59 Å². The molecule has 3 amide bonds. The maximum absolute atomic E-state index is 12.3. The third-order valence-corrected chi connectivity index (χ3v) is 4.35. The number of fused-ring (bicyclic) bond motifs is 2. The van der Waals surface area contributed by atoms with Gasteiger partial charge in [-0.25, -0.2) is 0 Å². The Hall–Kier alpha value is -4.35. The topological polar surface area (TPSA) is 149 Å². The van der Waals surface area contributed by atoms with Crippen molar-refractivity contribution in [1.29, 1.82) is 0 Å². The first kappa shape index (κ1) is 19.0. The summed E-state index contributed by atoms with van der Waals surface area (Å²) >= 11 is 0. The molecule has 12 nitrogen and oxygen atoms in total. The largest absolute Gasteiger partial charge is 0.482 e. The molecule has 0 atom stereocenters. The third-order valence-electron chi connectivity index (χ3n) is 4.35. The fourth-order valence-corrected chi connectivity index (χ4v) is 2.90. The molecule has 2 N–H and O–H groups in total. The summed E-state index contributed by atoms with van der Waals surface area (Å²) in [6.45, 7) is -0.732. The van der Waals surface area contributed by atoms with Crippen LogP contribution in [0.1, 0.15) is 10.4 Å². The highest BCUT2D eigenvalue weighted by Crippen LogP contribution is 2.35. The number of carbonyl (C=O) groups is 3. The summed E-state index contributed by atoms with van der Waals surface area (Å²) in [5.74, 6) is -0.722. The minimum absolute atomic E-state index is 0.0599. The standard InChI is InChI=1S/C18H14N4O8/c23-16(19-20-18(25)10-1-3-14-15(5-10)30-9-29-14)7-21-12-6-11(22(26)27)2-4-13(12)28-8-17(21)24/h1-6H,7-9H2,(H,19,23)(H,20,25). The molecule has 0 saturated carbocycles. The smallest absolute Gasteiger partial charge is 0.271 e. The lowest BCUT2D eigenvalue weighted by Gasteiger charge is -2.28. The Bertz CT molecular complexity index is 1070. The molecule has 2 heterocycles. The monoisotopic (exact) mass is 414 g/mol. The van der Waals surface area contributed by atoms with Crippen molar-refractivity contribution in [3.63, 3.8) is 0 Å². The van der Waals surface area contributed by atoms with Gasteiger partial charge in [0.25, 0.3) is 23.4 Å². The van der Waals surface area contributed by atoms with Crippen LogP contribution in [0.2, 0.25) is 0 Å². The molecule has 154 valence electrons. The summed E-state index contributed by atoms with van der Waals surface area (Å²) in [7, 11) is 0. The average Bonchev–Trinajstić information content (AvgIpc) is 3.21. The van der Waals surface area contributed by atoms with Crippen molar-refractivity contribution in [1.82, 2.24) is 10.9 Å². The van der Waals surface area contributed by atoms with E-state index in [9.17, 15) is 24.5 Å². The molecule has 0 aromatic heterocycles. The first-order valence-corrected chi connectivity index (χ1v) is 8.63. The van der Waals surface area contributed by atoms with E-state index in [-0.39, 0.29) is 36.1 Å². The number of amides is 3. The molecule has 2 aromatic rings. The van der Waals surface area contributed by atoms with Crippen LogP contribution in [0.5, 0.6) is 17.2 Å². The van der Waals surface area contributed by atoms with Gasteiger partial charge in [-0.2, -0.15) is 0 Å². The highest BCUT2D eigenvalue weighted by Gasteiger charge is 2.29. The number of anilines is 1. The molecular formula is C18H14N4O8. The third kappa shape index (κ3) is 3.65. The predicted octanol–water partition coefficient (Wildman–Crippen LogP) is 0.510. The van der Waals surface area contributed by atoms with E-state index < -0.39 is 29.2 Å². The van der Waals surface area contributed by atoms with Gasteiger partial charge < -0.3 is 14.2 Å². The maximum Gasteiger partial charge on any atom is 0.271 e. The summed E-state index contributed by atoms with van der Waals surface area (Å²) in [6.07, 6.45) is 0. The van der Waals surface area contributed by atoms with Gasteiger partial charge in [-0.05, 0) is 24.3 Å². The minimum Gasteiger partial charge on any atom is -0.482 e. The molecule has 12 heteroatoms. The zero-order valence-electron chi connectivity index (χ0n) is 15.2. The van der Waals surface area contributed by atoms with E-state index in [2.05, 4.69) is 10.9 Å². The van der Waals surface area contributed by atoms with E-state index in [0.29, 0.717) is 11.5 Å². The lowest BCUT2D eigenvalue weighted by molar-refractivity contribution is -0.384. The zero-order valence-corrected chi connectivity index (χ0v) is 15.2. The van der Waals surface area contributed by atoms with Gasteiger partial charge in [0, 0.05) is 17.7 Å². The molecule has 0 fully saturated rings. The van der Waals surface area contributed by atoms with E-state index in [4.69, 9.17) is 14.2 Å². The van der Waals surface area contributed by atoms with Gasteiger partial charge in [0.2, 0.25) is 6.79 Å². The molecule has 0 unspecified atom stereocenters. The van der Waals surface area contributed by atoms with Crippen molar-refractivity contribution in [3.8, 4) is 17.2 Å². The van der Waals surface area contributed by atoms with Gasteiger partial charge in [0.05, 0.1) is 10.6 Å². The summed E-state index contributed by atoms with van der Waals surface area (Å²) in [4.78, 5) is 48.1. The van der Waals surface area contributed by atoms with Crippen LogP contribution in [0.25, 0.3) is 0 Å². The van der Waals surface area contributed by atoms with Crippen LogP contribution >= 0.6 is 0 Å². The van der Waals surface area contributed by atoms with Crippen LogP contribution in [0.4, 0.5) is 11.4 Å². The molecule has 2 aliphatic rings. The number of hydrazine groups is 1.